The van der Waals surface area contributed by atoms with Gasteiger partial charge in [0.2, 0.25) is 10.0 Å². The first-order valence-corrected chi connectivity index (χ1v) is 6.11. The lowest BCUT2D eigenvalue weighted by Crippen LogP contribution is -2.31. The first-order chi connectivity index (χ1) is 7.02. The lowest BCUT2D eigenvalue weighted by Gasteiger charge is -2.10. The van der Waals surface area contributed by atoms with Crippen LogP contribution in [0.25, 0.3) is 0 Å². The molecule has 1 aromatic rings. The van der Waals surface area contributed by atoms with E-state index in [1.54, 1.807) is 12.1 Å². The standard InChI is InChI=1S/C10H15N2O2S/c1-12(2)9-8-11-15(13,14)10-6-4-3-5-7-10/h4-7,11H,8-9H2,1-2H3. The van der Waals surface area contributed by atoms with Gasteiger partial charge in [0, 0.05) is 13.1 Å². The number of rotatable bonds is 5. The van der Waals surface area contributed by atoms with Gasteiger partial charge >= 0.3 is 0 Å². The molecule has 0 amide bonds. The number of hydrogen-bond acceptors (Lipinski definition) is 3. The topological polar surface area (TPSA) is 49.4 Å². The summed E-state index contributed by atoms with van der Waals surface area (Å²) in [4.78, 5) is 2.20. The fourth-order valence-corrected chi connectivity index (χ4v) is 2.06. The molecule has 1 rings (SSSR count). The maximum atomic E-state index is 11.7. The third-order valence-corrected chi connectivity index (χ3v) is 3.33. The van der Waals surface area contributed by atoms with Gasteiger partial charge in [-0.15, -0.1) is 0 Å². The van der Waals surface area contributed by atoms with Gasteiger partial charge in [-0.05, 0) is 32.3 Å². The zero-order valence-electron chi connectivity index (χ0n) is 8.90. The van der Waals surface area contributed by atoms with Crippen LogP contribution < -0.4 is 4.72 Å². The van der Waals surface area contributed by atoms with E-state index >= 15 is 0 Å². The zero-order chi connectivity index (χ0) is 11.3. The van der Waals surface area contributed by atoms with Gasteiger partial charge in [0.05, 0.1) is 4.90 Å². The first-order valence-electron chi connectivity index (χ1n) is 4.63. The summed E-state index contributed by atoms with van der Waals surface area (Å²) >= 11 is 0. The molecule has 0 heterocycles. The summed E-state index contributed by atoms with van der Waals surface area (Å²) in [7, 11) is 0.437. The van der Waals surface area contributed by atoms with E-state index in [0.29, 0.717) is 13.1 Å². The SMILES string of the molecule is CN(C)CCNS(=O)(=O)c1cc[c]cc1. The Morgan fingerprint density at radius 2 is 1.93 bits per heavy atom. The molecule has 83 valence electrons. The number of sulfonamides is 1. The highest BCUT2D eigenvalue weighted by Crippen LogP contribution is 2.05. The van der Waals surface area contributed by atoms with Crippen molar-refractivity contribution in [3.05, 3.63) is 30.3 Å². The van der Waals surface area contributed by atoms with Gasteiger partial charge in [-0.25, -0.2) is 13.1 Å². The number of nitrogens with zero attached hydrogens (tertiary/aromatic N) is 1. The summed E-state index contributed by atoms with van der Waals surface area (Å²) in [5.41, 5.74) is 0. The quantitative estimate of drug-likeness (QED) is 0.788. The van der Waals surface area contributed by atoms with E-state index in [2.05, 4.69) is 10.8 Å². The molecule has 0 fully saturated rings. The first kappa shape index (κ1) is 12.2. The minimum absolute atomic E-state index is 0.278. The highest BCUT2D eigenvalue weighted by Gasteiger charge is 2.11. The van der Waals surface area contributed by atoms with Gasteiger partial charge in [0.15, 0.2) is 0 Å². The smallest absolute Gasteiger partial charge is 0.240 e. The summed E-state index contributed by atoms with van der Waals surface area (Å²) in [6.07, 6.45) is 0. The molecule has 0 spiro atoms. The van der Waals surface area contributed by atoms with Crippen molar-refractivity contribution in [1.29, 1.82) is 0 Å². The molecule has 5 heteroatoms. The van der Waals surface area contributed by atoms with Crippen molar-refractivity contribution in [1.82, 2.24) is 9.62 Å². The molecule has 0 aliphatic rings. The van der Waals surface area contributed by atoms with Crippen molar-refractivity contribution in [3.63, 3.8) is 0 Å². The lowest BCUT2D eigenvalue weighted by atomic mass is 10.4. The Hall–Kier alpha value is -0.910. The van der Waals surface area contributed by atoms with Crippen molar-refractivity contribution in [2.75, 3.05) is 27.2 Å². The number of hydrogen-bond donors (Lipinski definition) is 1. The number of benzene rings is 1. The molecule has 0 atom stereocenters. The van der Waals surface area contributed by atoms with Crippen LogP contribution in [0.5, 0.6) is 0 Å². The lowest BCUT2D eigenvalue weighted by molar-refractivity contribution is 0.412. The molecule has 0 bridgehead atoms. The van der Waals surface area contributed by atoms with Crippen LogP contribution >= 0.6 is 0 Å². The predicted molar refractivity (Wildman–Crippen MR) is 59.0 cm³/mol. The molecule has 1 N–H and O–H groups in total. The minimum Gasteiger partial charge on any atom is -0.308 e. The fourth-order valence-electron chi connectivity index (χ4n) is 1.04. The van der Waals surface area contributed by atoms with E-state index in [0.717, 1.165) is 0 Å². The number of likely N-dealkylation sites (N-methyl/N-ethyl adjacent to an activating group) is 1. The molecule has 15 heavy (non-hydrogen) atoms. The van der Waals surface area contributed by atoms with Crippen LogP contribution in [0.4, 0.5) is 0 Å². The van der Waals surface area contributed by atoms with Gasteiger partial charge in [-0.1, -0.05) is 12.1 Å². The monoisotopic (exact) mass is 227 g/mol. The molecular formula is C10H15N2O2S. The van der Waals surface area contributed by atoms with Gasteiger partial charge in [-0.3, -0.25) is 0 Å². The van der Waals surface area contributed by atoms with Crippen LogP contribution in [0.3, 0.4) is 0 Å². The third kappa shape index (κ3) is 3.99. The number of nitrogens with one attached hydrogen (secondary N) is 1. The van der Waals surface area contributed by atoms with Crippen molar-refractivity contribution in [2.45, 2.75) is 4.90 Å². The second-order valence-electron chi connectivity index (χ2n) is 3.44. The van der Waals surface area contributed by atoms with E-state index < -0.39 is 10.0 Å². The van der Waals surface area contributed by atoms with Crippen LogP contribution in [-0.4, -0.2) is 40.5 Å². The average Bonchev–Trinajstić information content (AvgIpc) is 2.18. The molecule has 4 nitrogen and oxygen atoms in total. The Morgan fingerprint density at radius 1 is 1.33 bits per heavy atom. The zero-order valence-corrected chi connectivity index (χ0v) is 9.71. The molecule has 0 aliphatic carbocycles. The van der Waals surface area contributed by atoms with Gasteiger partial charge in [-0.2, -0.15) is 0 Å². The van der Waals surface area contributed by atoms with Crippen LogP contribution in [0.1, 0.15) is 0 Å². The van der Waals surface area contributed by atoms with Crippen molar-refractivity contribution in [3.8, 4) is 0 Å². The second-order valence-corrected chi connectivity index (χ2v) is 5.20. The van der Waals surface area contributed by atoms with Crippen LogP contribution in [0.2, 0.25) is 0 Å². The minimum atomic E-state index is -3.35. The van der Waals surface area contributed by atoms with Crippen molar-refractivity contribution >= 4 is 10.0 Å². The Kier molecular flexibility index (Phi) is 4.26. The summed E-state index contributed by atoms with van der Waals surface area (Å²) in [5.74, 6) is 0. The third-order valence-electron chi connectivity index (χ3n) is 1.85. The summed E-state index contributed by atoms with van der Waals surface area (Å²) in [6, 6.07) is 9.00. The Morgan fingerprint density at radius 3 is 2.47 bits per heavy atom. The van der Waals surface area contributed by atoms with Gasteiger partial charge in [0.1, 0.15) is 0 Å². The predicted octanol–water partition coefficient (Wildman–Crippen LogP) is 0.327. The van der Waals surface area contributed by atoms with E-state index in [1.165, 1.54) is 12.1 Å². The second kappa shape index (κ2) is 5.25. The normalized spacial score (nSPS) is 11.9. The highest BCUT2D eigenvalue weighted by molar-refractivity contribution is 7.89. The van der Waals surface area contributed by atoms with Crippen LogP contribution in [0, 0.1) is 6.07 Å². The van der Waals surface area contributed by atoms with E-state index in [9.17, 15) is 8.42 Å². The Labute approximate surface area is 91.0 Å². The van der Waals surface area contributed by atoms with Crippen LogP contribution in [0.15, 0.2) is 29.2 Å². The molecule has 0 aromatic heterocycles. The van der Waals surface area contributed by atoms with E-state index in [4.69, 9.17) is 0 Å². The van der Waals surface area contributed by atoms with E-state index in [1.807, 2.05) is 19.0 Å². The summed E-state index contributed by atoms with van der Waals surface area (Å²) in [6.45, 7) is 1.09. The maximum absolute atomic E-state index is 11.7. The molecule has 0 aliphatic heterocycles. The molecule has 0 unspecified atom stereocenters. The maximum Gasteiger partial charge on any atom is 0.240 e. The Balaban J connectivity index is 2.61. The molecular weight excluding hydrogens is 212 g/mol. The van der Waals surface area contributed by atoms with Crippen molar-refractivity contribution in [2.24, 2.45) is 0 Å². The van der Waals surface area contributed by atoms with Gasteiger partial charge < -0.3 is 4.90 Å². The Bertz CT molecular complexity index is 387. The molecule has 1 aromatic carbocycles. The summed E-state index contributed by atoms with van der Waals surface area (Å²) in [5, 5.41) is 0. The summed E-state index contributed by atoms with van der Waals surface area (Å²) < 4.78 is 25.9. The highest BCUT2D eigenvalue weighted by atomic mass is 32.2. The van der Waals surface area contributed by atoms with Crippen LogP contribution in [-0.2, 0) is 10.0 Å². The van der Waals surface area contributed by atoms with E-state index in [-0.39, 0.29) is 4.90 Å². The largest absolute Gasteiger partial charge is 0.308 e. The molecule has 0 saturated carbocycles. The van der Waals surface area contributed by atoms with Crippen molar-refractivity contribution < 1.29 is 8.42 Å². The molecule has 1 radical (unpaired) electrons. The van der Waals surface area contributed by atoms with Gasteiger partial charge in [0.25, 0.3) is 0 Å². The molecule has 0 saturated heterocycles. The fraction of sp³-hybridized carbons (Fsp3) is 0.400. The average molecular weight is 227 g/mol.